The van der Waals surface area contributed by atoms with Gasteiger partial charge in [0.1, 0.15) is 16.6 Å². The first-order valence-electron chi connectivity index (χ1n) is 9.64. The standard InChI is InChI=1S/C20H25N3O4S/c1-14-19(15(2)27-21-14)20(24)22-12-18(13-22)28(25,26)23-10-8-17(9-11-23)16-6-4-3-5-7-16/h3-7,17-18H,8-13H2,1-2H3. The lowest BCUT2D eigenvalue weighted by atomic mass is 9.90. The Balaban J connectivity index is 1.35. The van der Waals surface area contributed by atoms with E-state index in [0.717, 1.165) is 12.8 Å². The highest BCUT2D eigenvalue weighted by molar-refractivity contribution is 7.89. The number of piperidine rings is 1. The van der Waals surface area contributed by atoms with Gasteiger partial charge in [0.25, 0.3) is 5.91 Å². The number of likely N-dealkylation sites (tertiary alicyclic amines) is 1. The molecule has 28 heavy (non-hydrogen) atoms. The van der Waals surface area contributed by atoms with E-state index in [9.17, 15) is 13.2 Å². The number of benzene rings is 1. The Bertz CT molecular complexity index is 937. The van der Waals surface area contributed by atoms with Crippen LogP contribution >= 0.6 is 0 Å². The second-order valence-electron chi connectivity index (χ2n) is 7.66. The van der Waals surface area contributed by atoms with Gasteiger partial charge in [0.15, 0.2) is 0 Å². The second-order valence-corrected chi connectivity index (χ2v) is 9.87. The maximum Gasteiger partial charge on any atom is 0.259 e. The molecule has 2 fully saturated rings. The van der Waals surface area contributed by atoms with Gasteiger partial charge < -0.3 is 9.42 Å². The van der Waals surface area contributed by atoms with E-state index in [1.54, 1.807) is 23.1 Å². The number of rotatable bonds is 4. The van der Waals surface area contributed by atoms with Crippen molar-refractivity contribution >= 4 is 15.9 Å². The van der Waals surface area contributed by atoms with Crippen LogP contribution in [-0.2, 0) is 10.0 Å². The lowest BCUT2D eigenvalue weighted by Crippen LogP contribution is -2.60. The van der Waals surface area contributed by atoms with Crippen LogP contribution in [0.25, 0.3) is 0 Å². The smallest absolute Gasteiger partial charge is 0.259 e. The topological polar surface area (TPSA) is 83.7 Å². The van der Waals surface area contributed by atoms with Crippen molar-refractivity contribution in [2.75, 3.05) is 26.2 Å². The molecule has 0 atom stereocenters. The third kappa shape index (κ3) is 3.35. The normalized spacial score (nSPS) is 19.6. The van der Waals surface area contributed by atoms with Crippen LogP contribution in [0.2, 0.25) is 0 Å². The van der Waals surface area contributed by atoms with Gasteiger partial charge in [-0.15, -0.1) is 0 Å². The Kier molecular flexibility index (Phi) is 5.01. The van der Waals surface area contributed by atoms with E-state index < -0.39 is 15.3 Å². The molecule has 7 nitrogen and oxygen atoms in total. The molecule has 8 heteroatoms. The fourth-order valence-electron chi connectivity index (χ4n) is 4.12. The van der Waals surface area contributed by atoms with Gasteiger partial charge in [-0.05, 0) is 38.2 Å². The van der Waals surface area contributed by atoms with E-state index in [1.807, 2.05) is 18.2 Å². The zero-order valence-electron chi connectivity index (χ0n) is 16.2. The first-order chi connectivity index (χ1) is 13.4. The summed E-state index contributed by atoms with van der Waals surface area (Å²) in [6.07, 6.45) is 1.66. The Morgan fingerprint density at radius 3 is 2.32 bits per heavy atom. The predicted molar refractivity (Wildman–Crippen MR) is 105 cm³/mol. The first-order valence-corrected chi connectivity index (χ1v) is 11.1. The number of hydrogen-bond donors (Lipinski definition) is 0. The van der Waals surface area contributed by atoms with Crippen LogP contribution in [0.5, 0.6) is 0 Å². The van der Waals surface area contributed by atoms with Crippen LogP contribution in [0.1, 0.15) is 46.1 Å². The lowest BCUT2D eigenvalue weighted by molar-refractivity contribution is 0.0652. The number of sulfonamides is 1. The molecule has 0 spiro atoms. The largest absolute Gasteiger partial charge is 0.361 e. The fraction of sp³-hybridized carbons (Fsp3) is 0.500. The summed E-state index contributed by atoms with van der Waals surface area (Å²) < 4.78 is 32.6. The summed E-state index contributed by atoms with van der Waals surface area (Å²) in [5.41, 5.74) is 2.26. The molecule has 3 heterocycles. The minimum absolute atomic E-state index is 0.203. The highest BCUT2D eigenvalue weighted by atomic mass is 32.2. The van der Waals surface area contributed by atoms with Crippen LogP contribution < -0.4 is 0 Å². The van der Waals surface area contributed by atoms with Crippen molar-refractivity contribution in [3.8, 4) is 0 Å². The Morgan fingerprint density at radius 2 is 1.75 bits per heavy atom. The van der Waals surface area contributed by atoms with Gasteiger partial charge >= 0.3 is 0 Å². The van der Waals surface area contributed by atoms with Crippen LogP contribution in [0.4, 0.5) is 0 Å². The number of amides is 1. The number of aromatic nitrogens is 1. The van der Waals surface area contributed by atoms with Crippen molar-refractivity contribution in [3.05, 3.63) is 52.9 Å². The van der Waals surface area contributed by atoms with Crippen molar-refractivity contribution in [3.63, 3.8) is 0 Å². The Morgan fingerprint density at radius 1 is 1.11 bits per heavy atom. The van der Waals surface area contributed by atoms with Crippen molar-refractivity contribution < 1.29 is 17.7 Å². The van der Waals surface area contributed by atoms with Crippen LogP contribution in [0.15, 0.2) is 34.9 Å². The van der Waals surface area contributed by atoms with E-state index in [1.165, 1.54) is 5.56 Å². The molecule has 0 bridgehead atoms. The molecule has 4 rings (SSSR count). The SMILES string of the molecule is Cc1noc(C)c1C(=O)N1CC(S(=O)(=O)N2CCC(c3ccccc3)CC2)C1. The maximum atomic E-state index is 13.0. The second kappa shape index (κ2) is 7.33. The van der Waals surface area contributed by atoms with E-state index in [0.29, 0.717) is 36.0 Å². The van der Waals surface area contributed by atoms with Gasteiger partial charge in [-0.1, -0.05) is 35.5 Å². The molecular weight excluding hydrogens is 378 g/mol. The Labute approximate surface area is 165 Å². The van der Waals surface area contributed by atoms with Crippen molar-refractivity contribution in [1.29, 1.82) is 0 Å². The number of aryl methyl sites for hydroxylation is 2. The van der Waals surface area contributed by atoms with Gasteiger partial charge in [0.2, 0.25) is 10.0 Å². The molecule has 1 aromatic heterocycles. The summed E-state index contributed by atoms with van der Waals surface area (Å²) in [5.74, 6) is 0.675. The van der Waals surface area contributed by atoms with Crippen LogP contribution in [0, 0.1) is 13.8 Å². The molecule has 2 saturated heterocycles. The third-order valence-corrected chi connectivity index (χ3v) is 8.11. The van der Waals surface area contributed by atoms with Crippen molar-refractivity contribution in [2.45, 2.75) is 37.9 Å². The average molecular weight is 404 g/mol. The minimum Gasteiger partial charge on any atom is -0.361 e. The van der Waals surface area contributed by atoms with Gasteiger partial charge in [-0.25, -0.2) is 12.7 Å². The van der Waals surface area contributed by atoms with Gasteiger partial charge in [-0.2, -0.15) is 0 Å². The first kappa shape index (κ1) is 19.1. The van der Waals surface area contributed by atoms with Gasteiger partial charge in [0, 0.05) is 26.2 Å². The zero-order valence-corrected chi connectivity index (χ0v) is 17.0. The molecule has 2 aromatic rings. The van der Waals surface area contributed by atoms with Crippen molar-refractivity contribution in [2.24, 2.45) is 0 Å². The minimum atomic E-state index is -3.39. The predicted octanol–water partition coefficient (Wildman–Crippen LogP) is 2.33. The van der Waals surface area contributed by atoms with Gasteiger partial charge in [0.05, 0.1) is 5.69 Å². The van der Waals surface area contributed by atoms with E-state index in [2.05, 4.69) is 17.3 Å². The number of carbonyl (C=O) groups is 1. The zero-order chi connectivity index (χ0) is 19.9. The lowest BCUT2D eigenvalue weighted by Gasteiger charge is -2.42. The monoisotopic (exact) mass is 403 g/mol. The highest BCUT2D eigenvalue weighted by Gasteiger charge is 2.44. The summed E-state index contributed by atoms with van der Waals surface area (Å²) in [7, 11) is -3.39. The molecular formula is C20H25N3O4S. The number of hydrogen-bond acceptors (Lipinski definition) is 5. The molecule has 2 aliphatic rings. The molecule has 1 aromatic carbocycles. The van der Waals surface area contributed by atoms with Crippen LogP contribution in [0.3, 0.4) is 0 Å². The average Bonchev–Trinajstić information content (AvgIpc) is 2.99. The molecule has 0 N–H and O–H groups in total. The molecule has 150 valence electrons. The molecule has 0 saturated carbocycles. The number of carbonyl (C=O) groups excluding carboxylic acids is 1. The quantitative estimate of drug-likeness (QED) is 0.782. The highest BCUT2D eigenvalue weighted by Crippen LogP contribution is 2.31. The molecule has 0 unspecified atom stereocenters. The summed E-state index contributed by atoms with van der Waals surface area (Å²) in [4.78, 5) is 14.2. The van der Waals surface area contributed by atoms with Crippen LogP contribution in [-0.4, -0.2) is 60.1 Å². The summed E-state index contributed by atoms with van der Waals surface area (Å²) in [6.45, 7) is 4.94. The number of nitrogens with zero attached hydrogens (tertiary/aromatic N) is 3. The molecule has 1 amide bonds. The summed E-state index contributed by atoms with van der Waals surface area (Å²) >= 11 is 0. The van der Waals surface area contributed by atoms with E-state index in [4.69, 9.17) is 4.52 Å². The Hall–Kier alpha value is -2.19. The third-order valence-electron chi connectivity index (χ3n) is 5.89. The fourth-order valence-corrected chi connectivity index (χ4v) is 6.00. The molecule has 0 aliphatic carbocycles. The summed E-state index contributed by atoms with van der Waals surface area (Å²) in [6, 6.07) is 10.3. The van der Waals surface area contributed by atoms with Gasteiger partial charge in [-0.3, -0.25) is 4.79 Å². The van der Waals surface area contributed by atoms with E-state index in [-0.39, 0.29) is 19.0 Å². The summed E-state index contributed by atoms with van der Waals surface area (Å²) in [5, 5.41) is 3.28. The molecule has 0 radical (unpaired) electrons. The van der Waals surface area contributed by atoms with E-state index >= 15 is 0 Å². The van der Waals surface area contributed by atoms with Crippen molar-refractivity contribution in [1.82, 2.24) is 14.4 Å². The maximum absolute atomic E-state index is 13.0. The molecule has 2 aliphatic heterocycles.